The van der Waals surface area contributed by atoms with Gasteiger partial charge in [0.25, 0.3) is 0 Å². The first-order chi connectivity index (χ1) is 7.25. The third-order valence-corrected chi connectivity index (χ3v) is 3.98. The van der Waals surface area contributed by atoms with E-state index in [2.05, 4.69) is 10.3 Å². The molecule has 2 heterocycles. The first-order valence-corrected chi connectivity index (χ1v) is 6.55. The van der Waals surface area contributed by atoms with Crippen LogP contribution in [0.4, 0.5) is 11.4 Å². The molecule has 0 radical (unpaired) electrons. The summed E-state index contributed by atoms with van der Waals surface area (Å²) in [6.45, 7) is 0. The van der Waals surface area contributed by atoms with Gasteiger partial charge in [-0.25, -0.2) is 0 Å². The molecular formula is C10H15N3OS. The summed E-state index contributed by atoms with van der Waals surface area (Å²) < 4.78 is 11.2. The van der Waals surface area contributed by atoms with E-state index in [1.54, 1.807) is 12.4 Å². The summed E-state index contributed by atoms with van der Waals surface area (Å²) in [6, 6.07) is 2.27. The van der Waals surface area contributed by atoms with E-state index in [1.807, 2.05) is 6.07 Å². The lowest BCUT2D eigenvalue weighted by Crippen LogP contribution is -2.29. The molecule has 1 aliphatic rings. The molecule has 15 heavy (non-hydrogen) atoms. The zero-order valence-electron chi connectivity index (χ0n) is 8.48. The molecule has 0 bridgehead atoms. The minimum Gasteiger partial charge on any atom is -0.396 e. The number of rotatable bonds is 2. The maximum absolute atomic E-state index is 11.2. The average Bonchev–Trinajstić information content (AvgIpc) is 2.25. The van der Waals surface area contributed by atoms with E-state index in [4.69, 9.17) is 5.73 Å². The molecule has 0 unspecified atom stereocenters. The van der Waals surface area contributed by atoms with Gasteiger partial charge in [0.15, 0.2) is 0 Å². The monoisotopic (exact) mass is 225 g/mol. The van der Waals surface area contributed by atoms with Crippen LogP contribution < -0.4 is 11.1 Å². The van der Waals surface area contributed by atoms with Gasteiger partial charge in [-0.15, -0.1) is 0 Å². The van der Waals surface area contributed by atoms with Crippen molar-refractivity contribution in [3.8, 4) is 0 Å². The number of aromatic nitrogens is 1. The molecule has 1 aromatic heterocycles. The summed E-state index contributed by atoms with van der Waals surface area (Å²) in [5.41, 5.74) is 7.38. The average molecular weight is 225 g/mol. The summed E-state index contributed by atoms with van der Waals surface area (Å²) in [6.07, 6.45) is 5.27. The summed E-state index contributed by atoms with van der Waals surface area (Å²) >= 11 is 0. The highest BCUT2D eigenvalue weighted by Gasteiger charge is 2.17. The first-order valence-electron chi connectivity index (χ1n) is 5.06. The SMILES string of the molecule is Nc1cnccc1NC1CCS(=O)CC1. The summed E-state index contributed by atoms with van der Waals surface area (Å²) in [7, 11) is -0.608. The van der Waals surface area contributed by atoms with Gasteiger partial charge in [-0.1, -0.05) is 0 Å². The topological polar surface area (TPSA) is 68.0 Å². The molecule has 5 heteroatoms. The molecule has 1 fully saturated rings. The Morgan fingerprint density at radius 1 is 1.47 bits per heavy atom. The number of pyridine rings is 1. The van der Waals surface area contributed by atoms with Crippen LogP contribution in [0.25, 0.3) is 0 Å². The van der Waals surface area contributed by atoms with Crippen LogP contribution in [0.5, 0.6) is 0 Å². The zero-order valence-corrected chi connectivity index (χ0v) is 9.30. The standard InChI is InChI=1S/C10H15N3OS/c11-9-7-12-4-1-10(9)13-8-2-5-15(14)6-3-8/h1,4,7-8H,2-3,5-6,11H2,(H,12,13). The molecule has 1 aliphatic heterocycles. The summed E-state index contributed by atoms with van der Waals surface area (Å²) in [5, 5.41) is 3.37. The van der Waals surface area contributed by atoms with E-state index in [0.29, 0.717) is 11.7 Å². The molecule has 3 N–H and O–H groups in total. The maximum atomic E-state index is 11.2. The van der Waals surface area contributed by atoms with Gasteiger partial charge >= 0.3 is 0 Å². The Bertz CT molecular complexity index is 359. The van der Waals surface area contributed by atoms with Gasteiger partial charge in [0.1, 0.15) is 0 Å². The lowest BCUT2D eigenvalue weighted by Gasteiger charge is -2.24. The van der Waals surface area contributed by atoms with Gasteiger partial charge in [0.2, 0.25) is 0 Å². The number of nitrogens with zero attached hydrogens (tertiary/aromatic N) is 1. The third-order valence-electron chi connectivity index (χ3n) is 2.60. The number of anilines is 2. The predicted molar refractivity (Wildman–Crippen MR) is 63.2 cm³/mol. The summed E-state index contributed by atoms with van der Waals surface area (Å²) in [5.74, 6) is 1.59. The number of hydrogen-bond acceptors (Lipinski definition) is 4. The highest BCUT2D eigenvalue weighted by Crippen LogP contribution is 2.20. The zero-order chi connectivity index (χ0) is 10.7. The van der Waals surface area contributed by atoms with Crippen LogP contribution in [-0.2, 0) is 10.8 Å². The van der Waals surface area contributed by atoms with E-state index in [-0.39, 0.29) is 0 Å². The maximum Gasteiger partial charge on any atom is 0.0736 e. The molecule has 0 atom stereocenters. The van der Waals surface area contributed by atoms with Crippen molar-refractivity contribution < 1.29 is 4.21 Å². The second-order valence-corrected chi connectivity index (χ2v) is 5.43. The van der Waals surface area contributed by atoms with Crippen LogP contribution in [0.2, 0.25) is 0 Å². The minimum atomic E-state index is -0.608. The number of hydrogen-bond donors (Lipinski definition) is 2. The Kier molecular flexibility index (Phi) is 3.20. The van der Waals surface area contributed by atoms with Crippen LogP contribution in [0.15, 0.2) is 18.5 Å². The van der Waals surface area contributed by atoms with Gasteiger partial charge < -0.3 is 11.1 Å². The Balaban J connectivity index is 1.97. The van der Waals surface area contributed by atoms with Crippen LogP contribution in [-0.4, -0.2) is 26.7 Å². The Morgan fingerprint density at radius 2 is 2.20 bits per heavy atom. The molecule has 0 aromatic carbocycles. The van der Waals surface area contributed by atoms with Crippen LogP contribution >= 0.6 is 0 Å². The lowest BCUT2D eigenvalue weighted by atomic mass is 10.1. The predicted octanol–water partition coefficient (Wildman–Crippen LogP) is 0.987. The number of nitrogens with two attached hydrogens (primary N) is 1. The normalized spacial score (nSPS) is 26.1. The van der Waals surface area contributed by atoms with Crippen LogP contribution in [0.3, 0.4) is 0 Å². The van der Waals surface area contributed by atoms with Gasteiger partial charge in [-0.05, 0) is 18.9 Å². The molecular weight excluding hydrogens is 210 g/mol. The van der Waals surface area contributed by atoms with E-state index >= 15 is 0 Å². The smallest absolute Gasteiger partial charge is 0.0736 e. The second kappa shape index (κ2) is 4.61. The van der Waals surface area contributed by atoms with Crippen molar-refractivity contribution in [1.29, 1.82) is 0 Å². The van der Waals surface area contributed by atoms with Crippen molar-refractivity contribution in [2.75, 3.05) is 22.6 Å². The van der Waals surface area contributed by atoms with Gasteiger partial charge in [-0.2, -0.15) is 0 Å². The molecule has 0 aliphatic carbocycles. The fourth-order valence-electron chi connectivity index (χ4n) is 1.70. The second-order valence-electron chi connectivity index (χ2n) is 3.73. The van der Waals surface area contributed by atoms with E-state index < -0.39 is 10.8 Å². The highest BCUT2D eigenvalue weighted by atomic mass is 32.2. The van der Waals surface area contributed by atoms with E-state index in [0.717, 1.165) is 30.0 Å². The van der Waals surface area contributed by atoms with Gasteiger partial charge in [0, 0.05) is 34.5 Å². The van der Waals surface area contributed by atoms with Crippen molar-refractivity contribution in [2.24, 2.45) is 0 Å². The number of nitrogen functional groups attached to an aromatic ring is 1. The van der Waals surface area contributed by atoms with Crippen molar-refractivity contribution in [1.82, 2.24) is 4.98 Å². The molecule has 4 nitrogen and oxygen atoms in total. The summed E-state index contributed by atoms with van der Waals surface area (Å²) in [4.78, 5) is 3.94. The molecule has 2 rings (SSSR count). The first kappa shape index (κ1) is 10.4. The number of nitrogens with one attached hydrogen (secondary N) is 1. The van der Waals surface area contributed by atoms with Crippen molar-refractivity contribution >= 4 is 22.2 Å². The Labute approximate surface area is 91.7 Å². The van der Waals surface area contributed by atoms with Crippen molar-refractivity contribution in [3.05, 3.63) is 18.5 Å². The Morgan fingerprint density at radius 3 is 2.87 bits per heavy atom. The molecule has 1 aromatic rings. The molecule has 0 amide bonds. The third kappa shape index (κ3) is 2.68. The minimum absolute atomic E-state index is 0.396. The molecule has 0 spiro atoms. The lowest BCUT2D eigenvalue weighted by molar-refractivity contribution is 0.624. The van der Waals surface area contributed by atoms with E-state index in [1.165, 1.54) is 0 Å². The van der Waals surface area contributed by atoms with Gasteiger partial charge in [0.05, 0.1) is 17.6 Å². The van der Waals surface area contributed by atoms with Gasteiger partial charge in [-0.3, -0.25) is 9.19 Å². The quantitative estimate of drug-likeness (QED) is 0.787. The highest BCUT2D eigenvalue weighted by molar-refractivity contribution is 7.85. The molecule has 82 valence electrons. The molecule has 0 saturated carbocycles. The Hall–Kier alpha value is -1.10. The van der Waals surface area contributed by atoms with Crippen LogP contribution in [0.1, 0.15) is 12.8 Å². The van der Waals surface area contributed by atoms with Crippen molar-refractivity contribution in [2.45, 2.75) is 18.9 Å². The largest absolute Gasteiger partial charge is 0.396 e. The van der Waals surface area contributed by atoms with Crippen molar-refractivity contribution in [3.63, 3.8) is 0 Å². The fraction of sp³-hybridized carbons (Fsp3) is 0.500. The van der Waals surface area contributed by atoms with Crippen LogP contribution in [0, 0.1) is 0 Å². The van der Waals surface area contributed by atoms with E-state index in [9.17, 15) is 4.21 Å². The molecule has 1 saturated heterocycles. The fourth-order valence-corrected chi connectivity index (χ4v) is 3.00.